The van der Waals surface area contributed by atoms with Gasteiger partial charge >= 0.3 is 0 Å². The predicted octanol–water partition coefficient (Wildman–Crippen LogP) is 2.17. The Morgan fingerprint density at radius 3 is 2.80 bits per heavy atom. The second-order valence-electron chi connectivity index (χ2n) is 4.85. The van der Waals surface area contributed by atoms with Gasteiger partial charge in [-0.15, -0.1) is 24.0 Å². The Kier molecular flexibility index (Phi) is 12.6. The van der Waals surface area contributed by atoms with E-state index in [0.29, 0.717) is 6.54 Å². The Morgan fingerprint density at radius 1 is 1.40 bits per heavy atom. The SMILES string of the molecule is CCNC(=NCC1(O)CCSC1)NCCCCSC.I. The quantitative estimate of drug-likeness (QED) is 0.237. The third kappa shape index (κ3) is 8.84. The standard InChI is InChI=1S/C13H27N3OS2.HI/c1-3-14-12(15-7-4-5-8-18-2)16-10-13(17)6-9-19-11-13;/h17H,3-11H2,1-2H3,(H2,14,15,16);1H. The first-order valence-corrected chi connectivity index (χ1v) is 9.56. The van der Waals surface area contributed by atoms with Crippen LogP contribution in [0.2, 0.25) is 0 Å². The van der Waals surface area contributed by atoms with Crippen LogP contribution in [-0.4, -0.2) is 59.8 Å². The second-order valence-corrected chi connectivity index (χ2v) is 6.94. The Labute approximate surface area is 148 Å². The minimum Gasteiger partial charge on any atom is -0.387 e. The zero-order chi connectivity index (χ0) is 14.0. The highest BCUT2D eigenvalue weighted by Gasteiger charge is 2.31. The van der Waals surface area contributed by atoms with Gasteiger partial charge in [0.1, 0.15) is 0 Å². The highest BCUT2D eigenvalue weighted by Crippen LogP contribution is 2.27. The summed E-state index contributed by atoms with van der Waals surface area (Å²) in [4.78, 5) is 4.51. The molecule has 3 N–H and O–H groups in total. The van der Waals surface area contributed by atoms with Crippen molar-refractivity contribution in [2.75, 3.05) is 43.1 Å². The number of hydrogen-bond donors (Lipinski definition) is 3. The van der Waals surface area contributed by atoms with E-state index in [2.05, 4.69) is 28.8 Å². The Hall–Kier alpha value is 0.660. The van der Waals surface area contributed by atoms with Gasteiger partial charge in [0.25, 0.3) is 0 Å². The van der Waals surface area contributed by atoms with Crippen molar-refractivity contribution >= 4 is 53.5 Å². The van der Waals surface area contributed by atoms with Crippen LogP contribution in [0.1, 0.15) is 26.2 Å². The van der Waals surface area contributed by atoms with E-state index in [4.69, 9.17) is 0 Å². The van der Waals surface area contributed by atoms with Crippen LogP contribution in [-0.2, 0) is 0 Å². The van der Waals surface area contributed by atoms with Gasteiger partial charge in [-0.2, -0.15) is 23.5 Å². The zero-order valence-corrected chi connectivity index (χ0v) is 16.4. The van der Waals surface area contributed by atoms with Crippen LogP contribution in [0.5, 0.6) is 0 Å². The molecule has 0 amide bonds. The molecule has 1 heterocycles. The number of halogens is 1. The van der Waals surface area contributed by atoms with Crippen LogP contribution in [0.3, 0.4) is 0 Å². The first kappa shape index (κ1) is 20.7. The summed E-state index contributed by atoms with van der Waals surface area (Å²) in [7, 11) is 0. The van der Waals surface area contributed by atoms with Gasteiger partial charge in [-0.25, -0.2) is 0 Å². The third-order valence-corrected chi connectivity index (χ3v) is 4.96. The van der Waals surface area contributed by atoms with Crippen LogP contribution >= 0.6 is 47.5 Å². The van der Waals surface area contributed by atoms with Gasteiger partial charge in [-0.1, -0.05) is 0 Å². The van der Waals surface area contributed by atoms with Crippen molar-refractivity contribution in [3.63, 3.8) is 0 Å². The van der Waals surface area contributed by atoms with Crippen molar-refractivity contribution in [2.45, 2.75) is 31.8 Å². The molecular weight excluding hydrogens is 405 g/mol. The van der Waals surface area contributed by atoms with Crippen LogP contribution in [0.15, 0.2) is 4.99 Å². The van der Waals surface area contributed by atoms with Crippen LogP contribution in [0.4, 0.5) is 0 Å². The van der Waals surface area contributed by atoms with Crippen molar-refractivity contribution in [1.82, 2.24) is 10.6 Å². The maximum Gasteiger partial charge on any atom is 0.191 e. The number of hydrogen-bond acceptors (Lipinski definition) is 4. The molecule has 20 heavy (non-hydrogen) atoms. The molecule has 0 spiro atoms. The fourth-order valence-corrected chi connectivity index (χ4v) is 3.64. The molecule has 1 unspecified atom stereocenters. The van der Waals surface area contributed by atoms with E-state index in [-0.39, 0.29) is 24.0 Å². The lowest BCUT2D eigenvalue weighted by Crippen LogP contribution is -2.40. The molecule has 0 radical (unpaired) electrons. The molecular formula is C13H28IN3OS2. The zero-order valence-electron chi connectivity index (χ0n) is 12.5. The average molecular weight is 433 g/mol. The summed E-state index contributed by atoms with van der Waals surface area (Å²) in [5.41, 5.74) is -0.591. The monoisotopic (exact) mass is 433 g/mol. The van der Waals surface area contributed by atoms with E-state index < -0.39 is 5.60 Å². The topological polar surface area (TPSA) is 56.7 Å². The number of unbranched alkanes of at least 4 members (excludes halogenated alkanes) is 1. The Bertz CT molecular complexity index is 274. The molecule has 1 rings (SSSR count). The summed E-state index contributed by atoms with van der Waals surface area (Å²) in [5, 5.41) is 16.8. The molecule has 1 aliphatic heterocycles. The first-order valence-electron chi connectivity index (χ1n) is 7.01. The molecule has 1 aliphatic rings. The second kappa shape index (κ2) is 12.2. The smallest absolute Gasteiger partial charge is 0.191 e. The van der Waals surface area contributed by atoms with Gasteiger partial charge < -0.3 is 15.7 Å². The third-order valence-electron chi connectivity index (χ3n) is 3.03. The number of rotatable bonds is 8. The Balaban J connectivity index is 0.00000361. The van der Waals surface area contributed by atoms with Gasteiger partial charge in [0.05, 0.1) is 12.1 Å². The minimum absolute atomic E-state index is 0. The molecule has 1 atom stereocenters. The summed E-state index contributed by atoms with van der Waals surface area (Å²) in [6.45, 7) is 4.36. The summed E-state index contributed by atoms with van der Waals surface area (Å²) in [5.74, 6) is 3.90. The largest absolute Gasteiger partial charge is 0.387 e. The van der Waals surface area contributed by atoms with Gasteiger partial charge in [-0.05, 0) is 43.9 Å². The molecule has 0 bridgehead atoms. The number of nitrogens with one attached hydrogen (secondary N) is 2. The molecule has 0 aromatic heterocycles. The number of guanidine groups is 1. The molecule has 0 saturated carbocycles. The fraction of sp³-hybridized carbons (Fsp3) is 0.923. The Morgan fingerprint density at radius 2 is 2.20 bits per heavy atom. The first-order chi connectivity index (χ1) is 9.20. The number of nitrogens with zero attached hydrogens (tertiary/aromatic N) is 1. The van der Waals surface area contributed by atoms with Gasteiger partial charge in [-0.3, -0.25) is 4.99 Å². The van der Waals surface area contributed by atoms with Crippen molar-refractivity contribution in [3.8, 4) is 0 Å². The van der Waals surface area contributed by atoms with E-state index in [1.807, 2.05) is 23.5 Å². The number of thioether (sulfide) groups is 2. The molecule has 0 aromatic rings. The molecule has 4 nitrogen and oxygen atoms in total. The van der Waals surface area contributed by atoms with E-state index in [9.17, 15) is 5.11 Å². The van der Waals surface area contributed by atoms with Gasteiger partial charge in [0.15, 0.2) is 5.96 Å². The molecule has 7 heteroatoms. The van der Waals surface area contributed by atoms with Crippen LogP contribution in [0.25, 0.3) is 0 Å². The van der Waals surface area contributed by atoms with E-state index in [0.717, 1.165) is 43.4 Å². The number of aliphatic imine (C=N–C) groups is 1. The predicted molar refractivity (Wildman–Crippen MR) is 104 cm³/mol. The van der Waals surface area contributed by atoms with Crippen molar-refractivity contribution in [2.24, 2.45) is 4.99 Å². The average Bonchev–Trinajstić information content (AvgIpc) is 2.83. The lowest BCUT2D eigenvalue weighted by atomic mass is 10.1. The fourth-order valence-electron chi connectivity index (χ4n) is 1.87. The van der Waals surface area contributed by atoms with E-state index in [1.165, 1.54) is 12.2 Å². The minimum atomic E-state index is -0.591. The van der Waals surface area contributed by atoms with Crippen LogP contribution < -0.4 is 10.6 Å². The summed E-state index contributed by atoms with van der Waals surface area (Å²) >= 11 is 3.70. The molecule has 0 aromatic carbocycles. The highest BCUT2D eigenvalue weighted by molar-refractivity contribution is 14.0. The van der Waals surface area contributed by atoms with E-state index >= 15 is 0 Å². The molecule has 1 saturated heterocycles. The van der Waals surface area contributed by atoms with Crippen molar-refractivity contribution in [1.29, 1.82) is 0 Å². The highest BCUT2D eigenvalue weighted by atomic mass is 127. The van der Waals surface area contributed by atoms with E-state index in [1.54, 1.807) is 0 Å². The maximum atomic E-state index is 10.3. The van der Waals surface area contributed by atoms with Gasteiger partial charge in [0, 0.05) is 18.8 Å². The van der Waals surface area contributed by atoms with Crippen LogP contribution in [0, 0.1) is 0 Å². The number of aliphatic hydroxyl groups is 1. The van der Waals surface area contributed by atoms with Crippen molar-refractivity contribution < 1.29 is 5.11 Å². The lowest BCUT2D eigenvalue weighted by molar-refractivity contribution is 0.0778. The lowest BCUT2D eigenvalue weighted by Gasteiger charge is -2.19. The summed E-state index contributed by atoms with van der Waals surface area (Å²) in [6.07, 6.45) is 5.38. The van der Waals surface area contributed by atoms with Crippen molar-refractivity contribution in [3.05, 3.63) is 0 Å². The maximum absolute atomic E-state index is 10.3. The van der Waals surface area contributed by atoms with Gasteiger partial charge in [0.2, 0.25) is 0 Å². The normalized spacial score (nSPS) is 22.4. The molecule has 0 aliphatic carbocycles. The molecule has 1 fully saturated rings. The molecule has 120 valence electrons. The summed E-state index contributed by atoms with van der Waals surface area (Å²) in [6, 6.07) is 0. The summed E-state index contributed by atoms with van der Waals surface area (Å²) < 4.78 is 0.